The maximum Gasteiger partial charge on any atom is 0.188 e. The smallest absolute Gasteiger partial charge is 0.188 e. The van der Waals surface area contributed by atoms with Crippen molar-refractivity contribution in [1.29, 1.82) is 0 Å². The van der Waals surface area contributed by atoms with E-state index in [4.69, 9.17) is 10.9 Å². The zero-order valence-corrected chi connectivity index (χ0v) is 11.5. The Hall–Kier alpha value is -1.66. The lowest BCUT2D eigenvalue weighted by Crippen LogP contribution is -2.34. The maximum atomic E-state index is 9.55. The van der Waals surface area contributed by atoms with Gasteiger partial charge in [-0.1, -0.05) is 18.0 Å². The summed E-state index contributed by atoms with van der Waals surface area (Å²) in [5.74, 6) is 0.00877. The molecule has 110 valence electrons. The molecular weight excluding hydrogens is 256 g/mol. The minimum Gasteiger partial charge on any atom is -0.409 e. The monoisotopic (exact) mass is 278 g/mol. The van der Waals surface area contributed by atoms with E-state index in [-0.39, 0.29) is 17.9 Å². The van der Waals surface area contributed by atoms with E-state index >= 15 is 0 Å². The van der Waals surface area contributed by atoms with Gasteiger partial charge in [0.05, 0.1) is 0 Å². The van der Waals surface area contributed by atoms with Crippen molar-refractivity contribution < 1.29 is 10.3 Å². The number of pyridine rings is 1. The third kappa shape index (κ3) is 3.46. The van der Waals surface area contributed by atoms with Crippen LogP contribution in [0.15, 0.2) is 23.5 Å². The molecule has 6 heteroatoms. The van der Waals surface area contributed by atoms with Gasteiger partial charge in [0.2, 0.25) is 0 Å². The Morgan fingerprint density at radius 3 is 2.85 bits per heavy atom. The molecule has 0 radical (unpaired) electrons. The second kappa shape index (κ2) is 6.67. The molecule has 1 aliphatic rings. The van der Waals surface area contributed by atoms with Crippen molar-refractivity contribution in [3.63, 3.8) is 0 Å². The summed E-state index contributed by atoms with van der Waals surface area (Å²) >= 11 is 0. The van der Waals surface area contributed by atoms with E-state index in [1.165, 1.54) is 12.8 Å². The second-order valence-electron chi connectivity index (χ2n) is 5.50. The fourth-order valence-electron chi connectivity index (χ4n) is 2.76. The molecule has 20 heavy (non-hydrogen) atoms. The largest absolute Gasteiger partial charge is 0.409 e. The van der Waals surface area contributed by atoms with E-state index < -0.39 is 0 Å². The van der Waals surface area contributed by atoms with Crippen LogP contribution in [-0.2, 0) is 6.54 Å². The van der Waals surface area contributed by atoms with Crippen molar-refractivity contribution in [3.05, 3.63) is 29.6 Å². The lowest BCUT2D eigenvalue weighted by Gasteiger charge is -2.26. The van der Waals surface area contributed by atoms with Crippen LogP contribution < -0.4 is 11.1 Å². The molecule has 0 bridgehead atoms. The highest BCUT2D eigenvalue weighted by molar-refractivity contribution is 5.95. The maximum absolute atomic E-state index is 9.55. The minimum atomic E-state index is 0.00877. The summed E-state index contributed by atoms with van der Waals surface area (Å²) in [6.45, 7) is 1.73. The molecule has 5 N–H and O–H groups in total. The first-order chi connectivity index (χ1) is 9.69. The Kier molecular flexibility index (Phi) is 4.92. The molecule has 1 aliphatic carbocycles. The molecule has 6 nitrogen and oxygen atoms in total. The van der Waals surface area contributed by atoms with Gasteiger partial charge in [-0.3, -0.25) is 4.98 Å². The molecule has 0 unspecified atom stereocenters. The van der Waals surface area contributed by atoms with Gasteiger partial charge in [0.1, 0.15) is 5.69 Å². The van der Waals surface area contributed by atoms with Crippen molar-refractivity contribution in [2.24, 2.45) is 16.3 Å². The molecule has 0 spiro atoms. The van der Waals surface area contributed by atoms with E-state index in [1.54, 1.807) is 12.3 Å². The van der Waals surface area contributed by atoms with E-state index in [0.29, 0.717) is 12.2 Å². The van der Waals surface area contributed by atoms with E-state index in [9.17, 15) is 5.11 Å². The van der Waals surface area contributed by atoms with Crippen LogP contribution in [0, 0.1) is 5.41 Å². The first-order valence-electron chi connectivity index (χ1n) is 6.93. The Labute approximate surface area is 118 Å². The summed E-state index contributed by atoms with van der Waals surface area (Å²) in [6, 6.07) is 3.68. The molecular formula is C14H22N4O2. The van der Waals surface area contributed by atoms with Crippen molar-refractivity contribution in [2.75, 3.05) is 13.2 Å². The zero-order valence-electron chi connectivity index (χ0n) is 11.5. The van der Waals surface area contributed by atoms with Gasteiger partial charge in [-0.05, 0) is 30.5 Å². The predicted molar refractivity (Wildman–Crippen MR) is 76.4 cm³/mol. The minimum absolute atomic E-state index is 0.00877. The fraction of sp³-hybridized carbons (Fsp3) is 0.571. The van der Waals surface area contributed by atoms with Crippen LogP contribution >= 0.6 is 0 Å². The van der Waals surface area contributed by atoms with Gasteiger partial charge in [-0.25, -0.2) is 0 Å². The summed E-state index contributed by atoms with van der Waals surface area (Å²) in [7, 11) is 0. The first-order valence-corrected chi connectivity index (χ1v) is 6.93. The highest BCUT2D eigenvalue weighted by atomic mass is 16.4. The number of rotatable bonds is 6. The van der Waals surface area contributed by atoms with E-state index in [0.717, 1.165) is 24.9 Å². The van der Waals surface area contributed by atoms with Gasteiger partial charge in [-0.2, -0.15) is 0 Å². The van der Waals surface area contributed by atoms with Crippen LogP contribution in [0.5, 0.6) is 0 Å². The van der Waals surface area contributed by atoms with Crippen molar-refractivity contribution in [2.45, 2.75) is 32.2 Å². The Morgan fingerprint density at radius 1 is 1.45 bits per heavy atom. The number of nitrogens with zero attached hydrogens (tertiary/aromatic N) is 2. The lowest BCUT2D eigenvalue weighted by molar-refractivity contribution is 0.128. The topological polar surface area (TPSA) is 104 Å². The fourth-order valence-corrected chi connectivity index (χ4v) is 2.76. The second-order valence-corrected chi connectivity index (χ2v) is 5.50. The van der Waals surface area contributed by atoms with Gasteiger partial charge in [0, 0.05) is 31.3 Å². The number of nitrogens with two attached hydrogens (primary N) is 1. The van der Waals surface area contributed by atoms with Gasteiger partial charge >= 0.3 is 0 Å². The Bertz CT molecular complexity index is 470. The summed E-state index contributed by atoms with van der Waals surface area (Å²) in [4.78, 5) is 4.04. The van der Waals surface area contributed by atoms with Crippen LogP contribution in [0.3, 0.4) is 0 Å². The highest BCUT2D eigenvalue weighted by Gasteiger charge is 2.32. The standard InChI is InChI=1S/C14H22N4O2/c15-13(18-20)12-7-11(3-6-17-12)8-16-9-14(10-19)4-1-2-5-14/h3,6-7,16,19-20H,1-2,4-5,8-10H2,(H2,15,18). The zero-order chi connectivity index (χ0) is 14.4. The third-order valence-corrected chi connectivity index (χ3v) is 4.02. The molecule has 0 aromatic carbocycles. The van der Waals surface area contributed by atoms with Crippen LogP contribution in [0.25, 0.3) is 0 Å². The van der Waals surface area contributed by atoms with Gasteiger partial charge < -0.3 is 21.4 Å². The summed E-state index contributed by atoms with van der Waals surface area (Å²) in [5, 5.41) is 24.5. The summed E-state index contributed by atoms with van der Waals surface area (Å²) < 4.78 is 0. The number of hydrogen-bond acceptors (Lipinski definition) is 5. The quantitative estimate of drug-likeness (QED) is 0.267. The molecule has 2 rings (SSSR count). The average Bonchev–Trinajstić information content (AvgIpc) is 2.96. The SMILES string of the molecule is N/C(=N/O)c1cc(CNCC2(CO)CCCC2)ccn1. The molecule has 1 heterocycles. The molecule has 1 fully saturated rings. The number of nitrogens with one attached hydrogen (secondary N) is 1. The number of aliphatic hydroxyl groups excluding tert-OH is 1. The number of oxime groups is 1. The van der Waals surface area contributed by atoms with Gasteiger partial charge in [0.15, 0.2) is 5.84 Å². The number of amidine groups is 1. The molecule has 1 aromatic rings. The van der Waals surface area contributed by atoms with Gasteiger partial charge in [-0.15, -0.1) is 0 Å². The summed E-state index contributed by atoms with van der Waals surface area (Å²) in [5.41, 5.74) is 7.04. The molecule has 0 amide bonds. The Morgan fingerprint density at radius 2 is 2.20 bits per heavy atom. The normalized spacial score (nSPS) is 18.4. The molecule has 1 aromatic heterocycles. The number of aromatic nitrogens is 1. The molecule has 0 aliphatic heterocycles. The van der Waals surface area contributed by atoms with Crippen LogP contribution in [0.2, 0.25) is 0 Å². The molecule has 0 saturated heterocycles. The summed E-state index contributed by atoms with van der Waals surface area (Å²) in [6.07, 6.45) is 6.21. The van der Waals surface area contributed by atoms with E-state index in [2.05, 4.69) is 15.5 Å². The molecule has 0 atom stereocenters. The van der Waals surface area contributed by atoms with Crippen LogP contribution in [-0.4, -0.2) is 34.3 Å². The Balaban J connectivity index is 1.91. The first kappa shape index (κ1) is 14.7. The number of hydrogen-bond donors (Lipinski definition) is 4. The van der Waals surface area contributed by atoms with Crippen molar-refractivity contribution in [3.8, 4) is 0 Å². The average molecular weight is 278 g/mol. The van der Waals surface area contributed by atoms with Crippen LogP contribution in [0.4, 0.5) is 0 Å². The van der Waals surface area contributed by atoms with Crippen molar-refractivity contribution >= 4 is 5.84 Å². The van der Waals surface area contributed by atoms with Crippen LogP contribution in [0.1, 0.15) is 36.9 Å². The van der Waals surface area contributed by atoms with Gasteiger partial charge in [0.25, 0.3) is 0 Å². The highest BCUT2D eigenvalue weighted by Crippen LogP contribution is 2.36. The number of aliphatic hydroxyl groups is 1. The lowest BCUT2D eigenvalue weighted by atomic mass is 9.87. The van der Waals surface area contributed by atoms with Crippen molar-refractivity contribution in [1.82, 2.24) is 10.3 Å². The predicted octanol–water partition coefficient (Wildman–Crippen LogP) is 0.818. The third-order valence-electron chi connectivity index (χ3n) is 4.02. The molecule has 1 saturated carbocycles. The van der Waals surface area contributed by atoms with E-state index in [1.807, 2.05) is 6.07 Å².